The molecule has 1 rings (SSSR count). The average molecular weight is 268 g/mol. The number of hydrogen-bond donors (Lipinski definition) is 2. The first-order valence-corrected chi connectivity index (χ1v) is 6.37. The lowest BCUT2D eigenvalue weighted by Gasteiger charge is -2.11. The molecule has 0 amide bonds. The Balaban J connectivity index is 2.75. The van der Waals surface area contributed by atoms with Gasteiger partial charge in [0.25, 0.3) is 0 Å². The van der Waals surface area contributed by atoms with Gasteiger partial charge < -0.3 is 15.8 Å². The zero-order chi connectivity index (χ0) is 14.4. The average Bonchev–Trinajstić information content (AvgIpc) is 2.35. The zero-order valence-corrected chi connectivity index (χ0v) is 11.6. The van der Waals surface area contributed by atoms with E-state index in [2.05, 4.69) is 23.9 Å². The molecule has 0 radical (unpaired) electrons. The van der Waals surface area contributed by atoms with Crippen molar-refractivity contribution in [1.29, 1.82) is 0 Å². The highest BCUT2D eigenvalue weighted by molar-refractivity contribution is 5.96. The SMILES string of the molecule is COC(=O)c1cc(NCCCC(C)C)c(F)cc1N. The molecule has 0 aliphatic carbocycles. The number of nitrogen functional groups attached to an aromatic ring is 1. The van der Waals surface area contributed by atoms with Crippen LogP contribution >= 0.6 is 0 Å². The highest BCUT2D eigenvalue weighted by Gasteiger charge is 2.14. The van der Waals surface area contributed by atoms with Gasteiger partial charge in [0.2, 0.25) is 0 Å². The fraction of sp³-hybridized carbons (Fsp3) is 0.500. The number of hydrogen-bond acceptors (Lipinski definition) is 4. The molecule has 0 saturated heterocycles. The number of benzene rings is 1. The van der Waals surface area contributed by atoms with Gasteiger partial charge in [0.1, 0.15) is 5.82 Å². The number of nitrogens with one attached hydrogen (secondary N) is 1. The van der Waals surface area contributed by atoms with E-state index in [0.717, 1.165) is 18.9 Å². The van der Waals surface area contributed by atoms with Gasteiger partial charge in [0.15, 0.2) is 0 Å². The number of carbonyl (C=O) groups is 1. The van der Waals surface area contributed by atoms with Crippen LogP contribution < -0.4 is 11.1 Å². The van der Waals surface area contributed by atoms with Crippen LogP contribution in [0, 0.1) is 11.7 Å². The summed E-state index contributed by atoms with van der Waals surface area (Å²) in [6, 6.07) is 2.53. The zero-order valence-electron chi connectivity index (χ0n) is 11.6. The lowest BCUT2D eigenvalue weighted by atomic mass is 10.1. The van der Waals surface area contributed by atoms with Gasteiger partial charge >= 0.3 is 5.97 Å². The summed E-state index contributed by atoms with van der Waals surface area (Å²) in [5.74, 6) is -0.416. The summed E-state index contributed by atoms with van der Waals surface area (Å²) in [4.78, 5) is 11.5. The molecule has 0 bridgehead atoms. The third-order valence-corrected chi connectivity index (χ3v) is 2.82. The molecule has 0 aliphatic heterocycles. The van der Waals surface area contributed by atoms with Gasteiger partial charge in [0, 0.05) is 12.2 Å². The van der Waals surface area contributed by atoms with Crippen molar-refractivity contribution in [3.05, 3.63) is 23.5 Å². The largest absolute Gasteiger partial charge is 0.465 e. The summed E-state index contributed by atoms with van der Waals surface area (Å²) in [5, 5.41) is 2.98. The molecular weight excluding hydrogens is 247 g/mol. The van der Waals surface area contributed by atoms with Crippen LogP contribution in [0.3, 0.4) is 0 Å². The Hall–Kier alpha value is -1.78. The van der Waals surface area contributed by atoms with E-state index in [1.165, 1.54) is 13.2 Å². The number of nitrogens with two attached hydrogens (primary N) is 1. The van der Waals surface area contributed by atoms with Gasteiger partial charge in [-0.3, -0.25) is 0 Å². The molecule has 0 unspecified atom stereocenters. The minimum absolute atomic E-state index is 0.0806. The van der Waals surface area contributed by atoms with Gasteiger partial charge in [-0.2, -0.15) is 0 Å². The second kappa shape index (κ2) is 6.97. The van der Waals surface area contributed by atoms with Crippen LogP contribution in [-0.4, -0.2) is 19.6 Å². The number of carbonyl (C=O) groups excluding carboxylic acids is 1. The van der Waals surface area contributed by atoms with E-state index < -0.39 is 11.8 Å². The number of esters is 1. The lowest BCUT2D eigenvalue weighted by Crippen LogP contribution is -2.10. The molecule has 0 spiro atoms. The van der Waals surface area contributed by atoms with Crippen LogP contribution in [0.1, 0.15) is 37.0 Å². The number of rotatable bonds is 6. The second-order valence-corrected chi connectivity index (χ2v) is 4.87. The third-order valence-electron chi connectivity index (χ3n) is 2.82. The fourth-order valence-electron chi connectivity index (χ4n) is 1.74. The van der Waals surface area contributed by atoms with Crippen LogP contribution in [0.4, 0.5) is 15.8 Å². The van der Waals surface area contributed by atoms with Crippen molar-refractivity contribution < 1.29 is 13.9 Å². The Kier molecular flexibility index (Phi) is 5.60. The molecule has 106 valence electrons. The molecule has 0 atom stereocenters. The monoisotopic (exact) mass is 268 g/mol. The quantitative estimate of drug-likeness (QED) is 0.473. The Bertz CT molecular complexity index is 447. The molecule has 0 fully saturated rings. The van der Waals surface area contributed by atoms with E-state index in [0.29, 0.717) is 12.5 Å². The van der Waals surface area contributed by atoms with E-state index in [-0.39, 0.29) is 16.9 Å². The minimum Gasteiger partial charge on any atom is -0.465 e. The summed E-state index contributed by atoms with van der Waals surface area (Å²) in [7, 11) is 1.26. The van der Waals surface area contributed by atoms with E-state index in [1.54, 1.807) is 0 Å². The van der Waals surface area contributed by atoms with Crippen LogP contribution in [0.25, 0.3) is 0 Å². The summed E-state index contributed by atoms with van der Waals surface area (Å²) in [5.41, 5.74) is 6.13. The lowest BCUT2D eigenvalue weighted by molar-refractivity contribution is 0.0602. The van der Waals surface area contributed by atoms with Gasteiger partial charge in [-0.15, -0.1) is 0 Å². The molecule has 0 aliphatic rings. The highest BCUT2D eigenvalue weighted by Crippen LogP contribution is 2.23. The summed E-state index contributed by atoms with van der Waals surface area (Å²) >= 11 is 0. The van der Waals surface area contributed by atoms with Gasteiger partial charge in [-0.25, -0.2) is 9.18 Å². The standard InChI is InChI=1S/C14H21FN2O2/c1-9(2)5-4-6-17-13-7-10(14(18)19-3)12(16)8-11(13)15/h7-9,17H,4-6,16H2,1-3H3. The first kappa shape index (κ1) is 15.3. The van der Waals surface area contributed by atoms with Crippen molar-refractivity contribution in [2.45, 2.75) is 26.7 Å². The molecule has 5 heteroatoms. The molecule has 0 saturated carbocycles. The minimum atomic E-state index is -0.567. The summed E-state index contributed by atoms with van der Waals surface area (Å²) in [6.45, 7) is 4.93. The molecule has 1 aromatic rings. The van der Waals surface area contributed by atoms with Crippen molar-refractivity contribution in [3.63, 3.8) is 0 Å². The summed E-state index contributed by atoms with van der Waals surface area (Å²) < 4.78 is 18.3. The van der Waals surface area contributed by atoms with Crippen molar-refractivity contribution >= 4 is 17.3 Å². The van der Waals surface area contributed by atoms with E-state index >= 15 is 0 Å². The Morgan fingerprint density at radius 2 is 2.16 bits per heavy atom. The fourth-order valence-corrected chi connectivity index (χ4v) is 1.74. The molecule has 1 aromatic carbocycles. The van der Waals surface area contributed by atoms with Crippen molar-refractivity contribution in [1.82, 2.24) is 0 Å². The van der Waals surface area contributed by atoms with Crippen molar-refractivity contribution in [2.24, 2.45) is 5.92 Å². The number of ether oxygens (including phenoxy) is 1. The van der Waals surface area contributed by atoms with E-state index in [9.17, 15) is 9.18 Å². The predicted octanol–water partition coefficient (Wildman–Crippen LogP) is 3.04. The maximum atomic E-state index is 13.7. The second-order valence-electron chi connectivity index (χ2n) is 4.87. The number of methoxy groups -OCH3 is 1. The third kappa shape index (κ3) is 4.43. The number of anilines is 2. The normalized spacial score (nSPS) is 10.6. The van der Waals surface area contributed by atoms with Crippen LogP contribution in [-0.2, 0) is 4.74 Å². The Morgan fingerprint density at radius 3 is 2.74 bits per heavy atom. The highest BCUT2D eigenvalue weighted by atomic mass is 19.1. The topological polar surface area (TPSA) is 64.3 Å². The molecule has 4 nitrogen and oxygen atoms in total. The van der Waals surface area contributed by atoms with Crippen molar-refractivity contribution in [2.75, 3.05) is 24.7 Å². The van der Waals surface area contributed by atoms with Crippen LogP contribution in [0.2, 0.25) is 0 Å². The summed E-state index contributed by atoms with van der Waals surface area (Å²) in [6.07, 6.45) is 2.00. The number of halogens is 1. The molecule has 0 heterocycles. The maximum absolute atomic E-state index is 13.7. The van der Waals surface area contributed by atoms with E-state index in [1.807, 2.05) is 0 Å². The first-order chi connectivity index (χ1) is 8.95. The van der Waals surface area contributed by atoms with Gasteiger partial charge in [0.05, 0.1) is 18.4 Å². The Morgan fingerprint density at radius 1 is 1.47 bits per heavy atom. The first-order valence-electron chi connectivity index (χ1n) is 6.37. The molecule has 0 aromatic heterocycles. The predicted molar refractivity (Wildman–Crippen MR) is 74.7 cm³/mol. The van der Waals surface area contributed by atoms with Gasteiger partial charge in [-0.1, -0.05) is 13.8 Å². The van der Waals surface area contributed by atoms with Crippen molar-refractivity contribution in [3.8, 4) is 0 Å². The molecular formula is C14H21FN2O2. The molecule has 19 heavy (non-hydrogen) atoms. The smallest absolute Gasteiger partial charge is 0.340 e. The van der Waals surface area contributed by atoms with Gasteiger partial charge in [-0.05, 0) is 30.9 Å². The molecule has 3 N–H and O–H groups in total. The Labute approximate surface area is 113 Å². The van der Waals surface area contributed by atoms with Crippen LogP contribution in [0.15, 0.2) is 12.1 Å². The van der Waals surface area contributed by atoms with E-state index in [4.69, 9.17) is 5.73 Å². The maximum Gasteiger partial charge on any atom is 0.340 e. The van der Waals surface area contributed by atoms with Crippen LogP contribution in [0.5, 0.6) is 0 Å².